The molecular formula is C20H20N2O5. The van der Waals surface area contributed by atoms with E-state index in [0.717, 1.165) is 11.9 Å². The molecule has 27 heavy (non-hydrogen) atoms. The summed E-state index contributed by atoms with van der Waals surface area (Å²) < 4.78 is 18.0. The molecule has 1 aliphatic heterocycles. The highest BCUT2D eigenvalue weighted by molar-refractivity contribution is 5.91. The highest BCUT2D eigenvalue weighted by Crippen LogP contribution is 2.32. The molecule has 0 saturated heterocycles. The first-order valence-corrected chi connectivity index (χ1v) is 8.98. The third-order valence-corrected chi connectivity index (χ3v) is 4.39. The fraction of sp³-hybridized carbons (Fsp3) is 0.300. The third kappa shape index (κ3) is 3.81. The number of nitrogens with one attached hydrogen (secondary N) is 1. The average Bonchev–Trinajstić information content (AvgIpc) is 2.83. The van der Waals surface area contributed by atoms with E-state index in [1.165, 1.54) is 0 Å². The summed E-state index contributed by atoms with van der Waals surface area (Å²) in [5.41, 5.74) is 1.96. The van der Waals surface area contributed by atoms with Crippen molar-refractivity contribution in [3.8, 4) is 11.5 Å². The summed E-state index contributed by atoms with van der Waals surface area (Å²) >= 11 is 0. The maximum absolute atomic E-state index is 12.2. The van der Waals surface area contributed by atoms with E-state index in [0.29, 0.717) is 55.4 Å². The van der Waals surface area contributed by atoms with E-state index in [1.807, 2.05) is 18.2 Å². The minimum atomic E-state index is -0.403. The van der Waals surface area contributed by atoms with E-state index in [2.05, 4.69) is 5.32 Å². The number of benzene rings is 2. The summed E-state index contributed by atoms with van der Waals surface area (Å²) in [5.74, 6) is 0.809. The predicted molar refractivity (Wildman–Crippen MR) is 100 cm³/mol. The lowest BCUT2D eigenvalue weighted by molar-refractivity contribution is -0.116. The van der Waals surface area contributed by atoms with Crippen LogP contribution in [0.4, 0.5) is 5.69 Å². The van der Waals surface area contributed by atoms with Gasteiger partial charge in [-0.25, -0.2) is 4.79 Å². The number of ether oxygens (including phenoxy) is 2. The maximum Gasteiger partial charge on any atom is 0.419 e. The first-order valence-electron chi connectivity index (χ1n) is 8.98. The van der Waals surface area contributed by atoms with Gasteiger partial charge in [0, 0.05) is 31.1 Å². The van der Waals surface area contributed by atoms with Gasteiger partial charge in [-0.1, -0.05) is 12.1 Å². The Hall–Kier alpha value is -3.22. The number of para-hydroxylation sites is 2. The van der Waals surface area contributed by atoms with Gasteiger partial charge in [0.25, 0.3) is 0 Å². The topological polar surface area (TPSA) is 82.7 Å². The monoisotopic (exact) mass is 368 g/mol. The number of aromatic nitrogens is 1. The molecule has 0 saturated carbocycles. The fourth-order valence-corrected chi connectivity index (χ4v) is 3.09. The summed E-state index contributed by atoms with van der Waals surface area (Å²) in [4.78, 5) is 24.2. The van der Waals surface area contributed by atoms with Gasteiger partial charge in [0.05, 0.1) is 18.7 Å². The van der Waals surface area contributed by atoms with Crippen LogP contribution in [0.15, 0.2) is 51.7 Å². The molecule has 0 fully saturated rings. The molecule has 7 heteroatoms. The van der Waals surface area contributed by atoms with Crippen LogP contribution in [0, 0.1) is 0 Å². The second-order valence-corrected chi connectivity index (χ2v) is 6.35. The second-order valence-electron chi connectivity index (χ2n) is 6.35. The predicted octanol–water partition coefficient (Wildman–Crippen LogP) is 3.17. The Kier molecular flexibility index (Phi) is 4.82. The Morgan fingerprint density at radius 2 is 1.89 bits per heavy atom. The molecule has 2 heterocycles. The normalized spacial score (nSPS) is 13.3. The number of anilines is 1. The van der Waals surface area contributed by atoms with Crippen molar-refractivity contribution in [3.63, 3.8) is 0 Å². The molecule has 0 spiro atoms. The number of oxazole rings is 1. The number of carbonyl (C=O) groups excluding carboxylic acids is 1. The van der Waals surface area contributed by atoms with Crippen molar-refractivity contribution < 1.29 is 18.7 Å². The molecule has 7 nitrogen and oxygen atoms in total. The highest BCUT2D eigenvalue weighted by Gasteiger charge is 2.13. The number of amides is 1. The van der Waals surface area contributed by atoms with E-state index in [1.54, 1.807) is 28.8 Å². The number of carbonyl (C=O) groups is 1. The van der Waals surface area contributed by atoms with E-state index >= 15 is 0 Å². The van der Waals surface area contributed by atoms with Crippen molar-refractivity contribution in [1.29, 1.82) is 0 Å². The zero-order valence-corrected chi connectivity index (χ0v) is 14.8. The maximum atomic E-state index is 12.2. The van der Waals surface area contributed by atoms with Crippen molar-refractivity contribution in [2.45, 2.75) is 25.8 Å². The smallest absolute Gasteiger partial charge is 0.419 e. The van der Waals surface area contributed by atoms with Crippen LogP contribution in [0.25, 0.3) is 11.1 Å². The number of hydrogen-bond donors (Lipinski definition) is 1. The Labute approximate surface area is 155 Å². The van der Waals surface area contributed by atoms with Gasteiger partial charge in [-0.15, -0.1) is 0 Å². The van der Waals surface area contributed by atoms with Crippen LogP contribution in [0.2, 0.25) is 0 Å². The van der Waals surface area contributed by atoms with Crippen LogP contribution in [-0.2, 0) is 11.3 Å². The Balaban J connectivity index is 1.35. The number of aryl methyl sites for hydroxylation is 1. The molecule has 2 aromatic carbocycles. The number of rotatable bonds is 5. The quantitative estimate of drug-likeness (QED) is 0.748. The van der Waals surface area contributed by atoms with Crippen LogP contribution >= 0.6 is 0 Å². The van der Waals surface area contributed by atoms with Crippen molar-refractivity contribution in [2.75, 3.05) is 18.5 Å². The van der Waals surface area contributed by atoms with E-state index in [-0.39, 0.29) is 5.91 Å². The molecule has 0 aliphatic carbocycles. The fourth-order valence-electron chi connectivity index (χ4n) is 3.09. The lowest BCUT2D eigenvalue weighted by Crippen LogP contribution is -2.17. The molecule has 0 radical (unpaired) electrons. The van der Waals surface area contributed by atoms with Crippen molar-refractivity contribution in [1.82, 2.24) is 4.57 Å². The van der Waals surface area contributed by atoms with E-state index < -0.39 is 5.76 Å². The van der Waals surface area contributed by atoms with Gasteiger partial charge in [-0.05, 0) is 30.7 Å². The molecule has 140 valence electrons. The summed E-state index contributed by atoms with van der Waals surface area (Å²) in [6.45, 7) is 1.64. The number of fused-ring (bicyclic) bond motifs is 2. The summed E-state index contributed by atoms with van der Waals surface area (Å²) in [7, 11) is 0. The van der Waals surface area contributed by atoms with Gasteiger partial charge in [-0.3, -0.25) is 9.36 Å². The molecule has 4 rings (SSSR count). The molecular weight excluding hydrogens is 348 g/mol. The minimum Gasteiger partial charge on any atom is -0.490 e. The Morgan fingerprint density at radius 1 is 1.07 bits per heavy atom. The second kappa shape index (κ2) is 7.57. The molecule has 0 bridgehead atoms. The molecule has 1 amide bonds. The zero-order valence-electron chi connectivity index (χ0n) is 14.8. The van der Waals surface area contributed by atoms with Gasteiger partial charge in [0.1, 0.15) is 0 Å². The summed E-state index contributed by atoms with van der Waals surface area (Å²) in [5, 5.41) is 2.86. The molecule has 1 N–H and O–H groups in total. The molecule has 1 aliphatic rings. The molecule has 0 atom stereocenters. The van der Waals surface area contributed by atoms with Crippen LogP contribution in [0.5, 0.6) is 11.5 Å². The molecule has 3 aromatic rings. The van der Waals surface area contributed by atoms with Crippen LogP contribution in [0.3, 0.4) is 0 Å². The van der Waals surface area contributed by atoms with Crippen LogP contribution < -0.4 is 20.5 Å². The van der Waals surface area contributed by atoms with Gasteiger partial charge < -0.3 is 19.2 Å². The average molecular weight is 368 g/mol. The largest absolute Gasteiger partial charge is 0.490 e. The van der Waals surface area contributed by atoms with Crippen molar-refractivity contribution in [3.05, 3.63) is 53.0 Å². The third-order valence-electron chi connectivity index (χ3n) is 4.39. The molecule has 0 unspecified atom stereocenters. The van der Waals surface area contributed by atoms with Gasteiger partial charge >= 0.3 is 5.76 Å². The van der Waals surface area contributed by atoms with Gasteiger partial charge in [0.15, 0.2) is 17.1 Å². The zero-order chi connectivity index (χ0) is 18.6. The van der Waals surface area contributed by atoms with E-state index in [4.69, 9.17) is 13.9 Å². The lowest BCUT2D eigenvalue weighted by Gasteiger charge is -2.10. The lowest BCUT2D eigenvalue weighted by atomic mass is 10.2. The Morgan fingerprint density at radius 3 is 2.78 bits per heavy atom. The van der Waals surface area contributed by atoms with Gasteiger partial charge in [0.2, 0.25) is 5.91 Å². The summed E-state index contributed by atoms with van der Waals surface area (Å²) in [6, 6.07) is 12.6. The minimum absolute atomic E-state index is 0.120. The van der Waals surface area contributed by atoms with Gasteiger partial charge in [-0.2, -0.15) is 0 Å². The first kappa shape index (κ1) is 17.2. The van der Waals surface area contributed by atoms with Crippen molar-refractivity contribution >= 4 is 22.7 Å². The molecule has 1 aromatic heterocycles. The standard InChI is InChI=1S/C20H20N2O5/c23-19(21-14-8-9-17-18(13-14)26-12-4-11-25-17)7-3-10-22-15-5-1-2-6-16(15)27-20(22)24/h1-2,5-6,8-9,13H,3-4,7,10-12H2,(H,21,23). The summed E-state index contributed by atoms with van der Waals surface area (Å²) in [6.07, 6.45) is 1.65. The van der Waals surface area contributed by atoms with E-state index in [9.17, 15) is 9.59 Å². The number of nitrogens with zero attached hydrogens (tertiary/aromatic N) is 1. The van der Waals surface area contributed by atoms with Crippen LogP contribution in [0.1, 0.15) is 19.3 Å². The Bertz CT molecular complexity index is 1020. The SMILES string of the molecule is O=C(CCCn1c(=O)oc2ccccc21)Nc1ccc2c(c1)OCCCO2. The number of hydrogen-bond acceptors (Lipinski definition) is 5. The van der Waals surface area contributed by atoms with Crippen LogP contribution in [-0.4, -0.2) is 23.7 Å². The highest BCUT2D eigenvalue weighted by atomic mass is 16.5. The van der Waals surface area contributed by atoms with Crippen molar-refractivity contribution in [2.24, 2.45) is 0 Å². The first-order chi connectivity index (χ1) is 13.2.